The highest BCUT2D eigenvalue weighted by Crippen LogP contribution is 2.39. The van der Waals surface area contributed by atoms with Gasteiger partial charge >= 0.3 is 0 Å². The Morgan fingerprint density at radius 1 is 1.30 bits per heavy atom. The van der Waals surface area contributed by atoms with E-state index in [2.05, 4.69) is 13.8 Å². The standard InChI is InChI=1S/C7H14OS2/c1-5-3-6(2)10-7(4-8)9-5/h5-8H,3-4H2,1-2H3/t5-,6-/m0/s1. The Labute approximate surface area is 71.0 Å². The summed E-state index contributed by atoms with van der Waals surface area (Å²) in [7, 11) is 0. The highest BCUT2D eigenvalue weighted by Gasteiger charge is 2.23. The van der Waals surface area contributed by atoms with Crippen LogP contribution in [0.25, 0.3) is 0 Å². The first-order chi connectivity index (χ1) is 4.72. The molecule has 0 aromatic heterocycles. The van der Waals surface area contributed by atoms with Gasteiger partial charge in [0.05, 0.1) is 11.2 Å². The van der Waals surface area contributed by atoms with E-state index >= 15 is 0 Å². The van der Waals surface area contributed by atoms with E-state index in [1.807, 2.05) is 23.5 Å². The summed E-state index contributed by atoms with van der Waals surface area (Å²) in [6.45, 7) is 4.80. The molecule has 1 fully saturated rings. The van der Waals surface area contributed by atoms with Crippen LogP contribution in [0.1, 0.15) is 20.3 Å². The molecular weight excluding hydrogens is 164 g/mol. The third-order valence-electron chi connectivity index (χ3n) is 1.58. The van der Waals surface area contributed by atoms with Crippen molar-refractivity contribution in [1.82, 2.24) is 0 Å². The van der Waals surface area contributed by atoms with Crippen LogP contribution in [0.15, 0.2) is 0 Å². The van der Waals surface area contributed by atoms with Crippen molar-refractivity contribution < 1.29 is 5.11 Å². The van der Waals surface area contributed by atoms with Crippen molar-refractivity contribution in [2.24, 2.45) is 0 Å². The Hall–Kier alpha value is 0.660. The summed E-state index contributed by atoms with van der Waals surface area (Å²) in [5.74, 6) is 0. The summed E-state index contributed by atoms with van der Waals surface area (Å²) < 4.78 is 0.429. The maximum atomic E-state index is 8.88. The van der Waals surface area contributed by atoms with Crippen LogP contribution >= 0.6 is 23.5 Å². The largest absolute Gasteiger partial charge is 0.394 e. The lowest BCUT2D eigenvalue weighted by Gasteiger charge is -2.29. The minimum absolute atomic E-state index is 0.323. The molecule has 1 aliphatic heterocycles. The lowest BCUT2D eigenvalue weighted by molar-refractivity contribution is 0.315. The van der Waals surface area contributed by atoms with Gasteiger partial charge in [-0.25, -0.2) is 0 Å². The second-order valence-corrected chi connectivity index (χ2v) is 6.33. The van der Waals surface area contributed by atoms with Crippen LogP contribution in [0.2, 0.25) is 0 Å². The highest BCUT2D eigenvalue weighted by molar-refractivity contribution is 8.18. The SMILES string of the molecule is C[C@H]1C[C@H](C)SC(CO)S1. The summed E-state index contributed by atoms with van der Waals surface area (Å²) in [6.07, 6.45) is 1.28. The van der Waals surface area contributed by atoms with Gasteiger partial charge in [-0.2, -0.15) is 0 Å². The summed E-state index contributed by atoms with van der Waals surface area (Å²) in [4.78, 5) is 0. The van der Waals surface area contributed by atoms with E-state index in [0.717, 1.165) is 10.5 Å². The smallest absolute Gasteiger partial charge is 0.0738 e. The Morgan fingerprint density at radius 3 is 2.20 bits per heavy atom. The second-order valence-electron chi connectivity index (χ2n) is 2.74. The van der Waals surface area contributed by atoms with Crippen LogP contribution < -0.4 is 0 Å². The van der Waals surface area contributed by atoms with E-state index in [1.165, 1.54) is 6.42 Å². The number of aliphatic hydroxyl groups excluding tert-OH is 1. The third-order valence-corrected chi connectivity index (χ3v) is 4.47. The fourth-order valence-electron chi connectivity index (χ4n) is 1.21. The highest BCUT2D eigenvalue weighted by atomic mass is 32.2. The van der Waals surface area contributed by atoms with Crippen LogP contribution in [-0.4, -0.2) is 26.8 Å². The van der Waals surface area contributed by atoms with E-state index in [0.29, 0.717) is 11.2 Å². The van der Waals surface area contributed by atoms with Crippen LogP contribution in [0.3, 0.4) is 0 Å². The molecule has 0 spiro atoms. The number of rotatable bonds is 1. The monoisotopic (exact) mass is 178 g/mol. The van der Waals surface area contributed by atoms with E-state index in [4.69, 9.17) is 5.11 Å². The number of aliphatic hydroxyl groups is 1. The predicted molar refractivity (Wildman–Crippen MR) is 49.6 cm³/mol. The van der Waals surface area contributed by atoms with Crippen molar-refractivity contribution in [2.75, 3.05) is 6.61 Å². The zero-order chi connectivity index (χ0) is 7.56. The quantitative estimate of drug-likeness (QED) is 0.663. The molecule has 1 rings (SSSR count). The molecule has 0 saturated carbocycles. The maximum Gasteiger partial charge on any atom is 0.0738 e. The molecule has 1 aliphatic rings. The first kappa shape index (κ1) is 8.75. The minimum Gasteiger partial charge on any atom is -0.394 e. The van der Waals surface area contributed by atoms with Gasteiger partial charge in [0.1, 0.15) is 0 Å². The number of thioether (sulfide) groups is 2. The zero-order valence-electron chi connectivity index (χ0n) is 6.41. The van der Waals surface area contributed by atoms with Gasteiger partial charge in [-0.05, 0) is 6.42 Å². The van der Waals surface area contributed by atoms with Crippen LogP contribution in [0, 0.1) is 0 Å². The van der Waals surface area contributed by atoms with Gasteiger partial charge in [0.2, 0.25) is 0 Å². The molecule has 10 heavy (non-hydrogen) atoms. The molecule has 60 valence electrons. The lowest BCUT2D eigenvalue weighted by Crippen LogP contribution is -2.21. The molecule has 1 nitrogen and oxygen atoms in total. The average Bonchev–Trinajstić information content (AvgIpc) is 1.85. The van der Waals surface area contributed by atoms with Gasteiger partial charge in [-0.3, -0.25) is 0 Å². The van der Waals surface area contributed by atoms with Gasteiger partial charge in [0.15, 0.2) is 0 Å². The van der Waals surface area contributed by atoms with Crippen molar-refractivity contribution in [3.05, 3.63) is 0 Å². The first-order valence-electron chi connectivity index (χ1n) is 3.64. The number of hydrogen-bond acceptors (Lipinski definition) is 3. The van der Waals surface area contributed by atoms with E-state index in [-0.39, 0.29) is 0 Å². The topological polar surface area (TPSA) is 20.2 Å². The van der Waals surface area contributed by atoms with E-state index < -0.39 is 0 Å². The zero-order valence-corrected chi connectivity index (χ0v) is 8.04. The van der Waals surface area contributed by atoms with Crippen LogP contribution in [0.5, 0.6) is 0 Å². The minimum atomic E-state index is 0.323. The summed E-state index contributed by atoms with van der Waals surface area (Å²) in [5, 5.41) is 10.3. The molecule has 3 heteroatoms. The van der Waals surface area contributed by atoms with Crippen molar-refractivity contribution in [3.63, 3.8) is 0 Å². The van der Waals surface area contributed by atoms with E-state index in [9.17, 15) is 0 Å². The van der Waals surface area contributed by atoms with Crippen molar-refractivity contribution in [3.8, 4) is 0 Å². The van der Waals surface area contributed by atoms with Gasteiger partial charge in [-0.15, -0.1) is 23.5 Å². The van der Waals surface area contributed by atoms with Crippen LogP contribution in [0.4, 0.5) is 0 Å². The van der Waals surface area contributed by atoms with Crippen molar-refractivity contribution in [2.45, 2.75) is 35.4 Å². The predicted octanol–water partition coefficient (Wildman–Crippen LogP) is 1.95. The lowest BCUT2D eigenvalue weighted by atomic mass is 10.3. The number of hydrogen-bond donors (Lipinski definition) is 1. The normalized spacial score (nSPS) is 41.7. The molecule has 0 amide bonds. The Kier molecular flexibility index (Phi) is 3.40. The molecule has 0 bridgehead atoms. The molecule has 1 saturated heterocycles. The van der Waals surface area contributed by atoms with Gasteiger partial charge in [0, 0.05) is 10.5 Å². The maximum absolute atomic E-state index is 8.88. The fraction of sp³-hybridized carbons (Fsp3) is 1.00. The molecule has 0 aromatic rings. The molecule has 0 aromatic carbocycles. The van der Waals surface area contributed by atoms with Gasteiger partial charge < -0.3 is 5.11 Å². The average molecular weight is 178 g/mol. The second kappa shape index (κ2) is 3.88. The summed E-state index contributed by atoms with van der Waals surface area (Å²) in [5.41, 5.74) is 0. The van der Waals surface area contributed by atoms with Crippen LogP contribution in [-0.2, 0) is 0 Å². The summed E-state index contributed by atoms with van der Waals surface area (Å²) >= 11 is 3.81. The molecule has 0 unspecified atom stereocenters. The fourth-order valence-corrected chi connectivity index (χ4v) is 4.74. The molecule has 1 heterocycles. The Morgan fingerprint density at radius 2 is 1.80 bits per heavy atom. The molecule has 0 radical (unpaired) electrons. The molecule has 0 aliphatic carbocycles. The van der Waals surface area contributed by atoms with Gasteiger partial charge in [0.25, 0.3) is 0 Å². The summed E-state index contributed by atoms with van der Waals surface area (Å²) in [6, 6.07) is 0. The first-order valence-corrected chi connectivity index (χ1v) is 5.52. The molecular formula is C7H14OS2. The Bertz CT molecular complexity index is 97.8. The van der Waals surface area contributed by atoms with Crippen molar-refractivity contribution >= 4 is 23.5 Å². The Balaban J connectivity index is 2.35. The molecule has 2 atom stereocenters. The van der Waals surface area contributed by atoms with Gasteiger partial charge in [-0.1, -0.05) is 13.8 Å². The third kappa shape index (κ3) is 2.36. The molecule has 1 N–H and O–H groups in total. The van der Waals surface area contributed by atoms with Crippen molar-refractivity contribution in [1.29, 1.82) is 0 Å². The van der Waals surface area contributed by atoms with E-state index in [1.54, 1.807) is 0 Å².